The summed E-state index contributed by atoms with van der Waals surface area (Å²) in [5.41, 5.74) is 5.34. The number of aryl methyl sites for hydroxylation is 1. The van der Waals surface area contributed by atoms with E-state index in [0.717, 1.165) is 60.0 Å². The average molecular weight is 713 g/mol. The number of hydrogen-bond acceptors (Lipinski definition) is 8. The number of aliphatic carboxylic acids is 3. The van der Waals surface area contributed by atoms with Crippen molar-refractivity contribution in [1.29, 1.82) is 0 Å². The van der Waals surface area contributed by atoms with Crippen molar-refractivity contribution in [3.8, 4) is 11.1 Å². The first kappa shape index (κ1) is 39.8. The van der Waals surface area contributed by atoms with Crippen molar-refractivity contribution in [2.45, 2.75) is 44.3 Å². The molecule has 1 unspecified atom stereocenters. The van der Waals surface area contributed by atoms with Crippen LogP contribution in [0, 0.1) is 6.92 Å². The fourth-order valence-corrected chi connectivity index (χ4v) is 3.89. The Kier molecular flexibility index (Phi) is 13.5. The second-order valence-corrected chi connectivity index (χ2v) is 9.83. The second-order valence-electron chi connectivity index (χ2n) is 9.83. The Labute approximate surface area is 269 Å². The highest BCUT2D eigenvalue weighted by Gasteiger charge is 2.39. The topological polar surface area (TPSA) is 171 Å². The largest absolute Gasteiger partial charge is 0.490 e. The molecule has 21 heteroatoms. The molecule has 5 rings (SSSR count). The van der Waals surface area contributed by atoms with Gasteiger partial charge in [-0.1, -0.05) is 6.07 Å². The van der Waals surface area contributed by atoms with E-state index in [1.54, 1.807) is 0 Å². The average Bonchev–Trinajstić information content (AvgIpc) is 3.64. The zero-order valence-electron chi connectivity index (χ0n) is 24.8. The van der Waals surface area contributed by atoms with Crippen LogP contribution >= 0.6 is 0 Å². The van der Waals surface area contributed by atoms with Crippen LogP contribution in [0.5, 0.6) is 0 Å². The first-order valence-corrected chi connectivity index (χ1v) is 13.4. The number of aromatic nitrogens is 5. The Morgan fingerprint density at radius 3 is 1.80 bits per heavy atom. The van der Waals surface area contributed by atoms with Gasteiger partial charge in [0.2, 0.25) is 0 Å². The van der Waals surface area contributed by atoms with E-state index in [0.29, 0.717) is 5.92 Å². The number of halogens is 9. The Hall–Kier alpha value is -5.34. The van der Waals surface area contributed by atoms with Crippen molar-refractivity contribution >= 4 is 23.6 Å². The van der Waals surface area contributed by atoms with Crippen molar-refractivity contribution in [3.63, 3.8) is 0 Å². The van der Waals surface area contributed by atoms with Crippen LogP contribution in [0.25, 0.3) is 16.8 Å². The number of likely N-dealkylation sites (tertiary alicyclic amines) is 1. The van der Waals surface area contributed by atoms with Gasteiger partial charge in [-0.05, 0) is 61.9 Å². The maximum absolute atomic E-state index is 10.6. The molecular weight excluding hydrogens is 687 g/mol. The maximum Gasteiger partial charge on any atom is 0.490 e. The molecule has 0 radical (unpaired) electrons. The summed E-state index contributed by atoms with van der Waals surface area (Å²) >= 11 is 0. The molecule has 1 aliphatic rings. The van der Waals surface area contributed by atoms with Crippen LogP contribution in [-0.4, -0.2) is 94.3 Å². The smallest absolute Gasteiger partial charge is 0.475 e. The SMILES string of the molecule is Cc1cccc(CN2CCC(c3nc4ccc(-c5ccncc5)cn4n3)C2)n1.O=C(O)C(F)(F)F.O=C(O)C(F)(F)F.O=C(O)C(F)(F)F. The number of pyridine rings is 3. The molecule has 4 aromatic rings. The molecule has 1 fully saturated rings. The molecule has 49 heavy (non-hydrogen) atoms. The van der Waals surface area contributed by atoms with Gasteiger partial charge < -0.3 is 15.3 Å². The molecule has 0 amide bonds. The summed E-state index contributed by atoms with van der Waals surface area (Å²) in [6, 6.07) is 14.4. The van der Waals surface area contributed by atoms with Crippen molar-refractivity contribution in [2.75, 3.05) is 13.1 Å². The van der Waals surface area contributed by atoms with Crippen LogP contribution in [-0.2, 0) is 20.9 Å². The molecule has 12 nitrogen and oxygen atoms in total. The lowest BCUT2D eigenvalue weighted by atomic mass is 10.1. The lowest BCUT2D eigenvalue weighted by molar-refractivity contribution is -0.193. The number of carboxylic acids is 3. The molecule has 0 aromatic carbocycles. The molecule has 266 valence electrons. The van der Waals surface area contributed by atoms with Crippen LogP contribution < -0.4 is 0 Å². The van der Waals surface area contributed by atoms with Gasteiger partial charge in [-0.2, -0.15) is 44.6 Å². The van der Waals surface area contributed by atoms with Crippen molar-refractivity contribution in [3.05, 3.63) is 78.3 Å². The standard InChI is InChI=1S/C22H22N6.3C2HF3O2/c1-16-3-2-4-20(24-16)15-27-12-9-19(13-27)22-25-21-6-5-18(14-28(21)26-22)17-7-10-23-11-8-17;3*3-2(4,5)1(6)7/h2-8,10-11,14,19H,9,12-13,15H2,1H3;3*(H,6,7). The summed E-state index contributed by atoms with van der Waals surface area (Å²) in [7, 11) is 0. The second kappa shape index (κ2) is 16.7. The van der Waals surface area contributed by atoms with Gasteiger partial charge in [-0.15, -0.1) is 0 Å². The minimum absolute atomic E-state index is 0.370. The van der Waals surface area contributed by atoms with E-state index in [1.165, 1.54) is 0 Å². The van der Waals surface area contributed by atoms with Crippen LogP contribution in [0.3, 0.4) is 0 Å². The van der Waals surface area contributed by atoms with Gasteiger partial charge in [-0.3, -0.25) is 14.9 Å². The Morgan fingerprint density at radius 1 is 0.776 bits per heavy atom. The predicted molar refractivity (Wildman–Crippen MR) is 149 cm³/mol. The molecule has 0 bridgehead atoms. The lowest BCUT2D eigenvalue weighted by Gasteiger charge is -2.14. The normalized spacial score (nSPS) is 14.8. The van der Waals surface area contributed by atoms with E-state index in [-0.39, 0.29) is 0 Å². The minimum Gasteiger partial charge on any atom is -0.475 e. The first-order valence-electron chi connectivity index (χ1n) is 13.4. The molecular formula is C28H25F9N6O6. The third kappa shape index (κ3) is 13.4. The third-order valence-corrected chi connectivity index (χ3v) is 6.06. The zero-order chi connectivity index (χ0) is 37.2. The quantitative estimate of drug-likeness (QED) is 0.232. The van der Waals surface area contributed by atoms with Crippen LogP contribution in [0.15, 0.2) is 61.1 Å². The first-order chi connectivity index (χ1) is 22.6. The van der Waals surface area contributed by atoms with Gasteiger partial charge in [0.25, 0.3) is 0 Å². The lowest BCUT2D eigenvalue weighted by Crippen LogP contribution is -2.21. The molecule has 0 aliphatic carbocycles. The van der Waals surface area contributed by atoms with E-state index < -0.39 is 36.4 Å². The molecule has 1 atom stereocenters. The van der Waals surface area contributed by atoms with E-state index >= 15 is 0 Å². The van der Waals surface area contributed by atoms with Gasteiger partial charge in [0.15, 0.2) is 11.5 Å². The molecule has 5 heterocycles. The van der Waals surface area contributed by atoms with Gasteiger partial charge in [0, 0.05) is 48.9 Å². The number of hydrogen-bond donors (Lipinski definition) is 3. The highest BCUT2D eigenvalue weighted by Crippen LogP contribution is 2.27. The third-order valence-electron chi connectivity index (χ3n) is 6.06. The molecule has 0 saturated carbocycles. The van der Waals surface area contributed by atoms with Crippen LogP contribution in [0.2, 0.25) is 0 Å². The van der Waals surface area contributed by atoms with Crippen molar-refractivity contribution < 1.29 is 69.2 Å². The maximum atomic E-state index is 10.6. The summed E-state index contributed by atoms with van der Waals surface area (Å²) < 4.78 is 97.1. The molecule has 0 spiro atoms. The van der Waals surface area contributed by atoms with E-state index in [1.807, 2.05) is 54.3 Å². The summed E-state index contributed by atoms with van der Waals surface area (Å²) in [4.78, 5) is 42.6. The van der Waals surface area contributed by atoms with E-state index in [9.17, 15) is 39.5 Å². The van der Waals surface area contributed by atoms with E-state index in [2.05, 4.69) is 33.1 Å². The number of carbonyl (C=O) groups is 3. The van der Waals surface area contributed by atoms with Gasteiger partial charge in [0.05, 0.1) is 5.69 Å². The number of nitrogens with zero attached hydrogens (tertiary/aromatic N) is 6. The molecule has 1 aliphatic heterocycles. The van der Waals surface area contributed by atoms with Crippen LogP contribution in [0.4, 0.5) is 39.5 Å². The van der Waals surface area contributed by atoms with Gasteiger partial charge in [-0.25, -0.2) is 23.9 Å². The predicted octanol–water partition coefficient (Wildman–Crippen LogP) is 5.38. The number of fused-ring (bicyclic) bond motifs is 1. The highest BCUT2D eigenvalue weighted by molar-refractivity contribution is 5.73. The summed E-state index contributed by atoms with van der Waals surface area (Å²) in [5, 5.41) is 26.2. The number of carboxylic acid groups (broad SMARTS) is 3. The summed E-state index contributed by atoms with van der Waals surface area (Å²) in [5.74, 6) is -6.96. The Bertz CT molecular complexity index is 1660. The van der Waals surface area contributed by atoms with Crippen molar-refractivity contribution in [2.24, 2.45) is 0 Å². The highest BCUT2D eigenvalue weighted by atomic mass is 19.4. The fraction of sp³-hybridized carbons (Fsp3) is 0.321. The molecule has 1 saturated heterocycles. The molecule has 3 N–H and O–H groups in total. The number of rotatable bonds is 4. The Morgan fingerprint density at radius 2 is 1.31 bits per heavy atom. The number of alkyl halides is 9. The summed E-state index contributed by atoms with van der Waals surface area (Å²) in [6.45, 7) is 4.96. The van der Waals surface area contributed by atoms with Gasteiger partial charge >= 0.3 is 36.4 Å². The van der Waals surface area contributed by atoms with Crippen LogP contribution in [0.1, 0.15) is 29.6 Å². The minimum atomic E-state index is -5.08. The van der Waals surface area contributed by atoms with Gasteiger partial charge in [0.1, 0.15) is 0 Å². The summed E-state index contributed by atoms with van der Waals surface area (Å²) in [6.07, 6.45) is -8.50. The molecule has 4 aromatic heterocycles. The van der Waals surface area contributed by atoms with E-state index in [4.69, 9.17) is 39.8 Å². The monoisotopic (exact) mass is 712 g/mol. The fourth-order valence-electron chi connectivity index (χ4n) is 3.89. The Balaban J connectivity index is 0.000000325. The zero-order valence-corrected chi connectivity index (χ0v) is 24.8. The van der Waals surface area contributed by atoms with Crippen molar-refractivity contribution in [1.82, 2.24) is 29.5 Å².